The summed E-state index contributed by atoms with van der Waals surface area (Å²) in [6.07, 6.45) is 0. The smallest absolute Gasteiger partial charge is 0.552 e. The molecule has 0 bridgehead atoms. The number of ether oxygens (including phenoxy) is 1. The van der Waals surface area contributed by atoms with Crippen LogP contribution in [-0.4, -0.2) is 0 Å². The van der Waals surface area contributed by atoms with Crippen LogP contribution in [0.25, 0.3) is 0 Å². The zero-order valence-corrected chi connectivity index (χ0v) is 6.21. The summed E-state index contributed by atoms with van der Waals surface area (Å²) in [5.74, 6) is 0. The Morgan fingerprint density at radius 3 is 2.30 bits per heavy atom. The molecule has 1 rings (SSSR count). The molecule has 0 saturated carbocycles. The molecule has 10 heavy (non-hydrogen) atoms. The van der Waals surface area contributed by atoms with Crippen molar-refractivity contribution in [1.82, 2.24) is 0 Å². The Kier molecular flexibility index (Phi) is 5.43. The summed E-state index contributed by atoms with van der Waals surface area (Å²) >= 11 is 0. The SMILES string of the molecule is [CH2-]OCc1ccccc1.[Li+]. The van der Waals surface area contributed by atoms with Gasteiger partial charge in [0, 0.05) is 6.61 Å². The molecular formula is C8H9LiO. The third-order valence-corrected chi connectivity index (χ3v) is 1.11. The second-order valence-corrected chi connectivity index (χ2v) is 1.83. The molecule has 0 aliphatic rings. The summed E-state index contributed by atoms with van der Waals surface area (Å²) in [4.78, 5) is 0. The van der Waals surface area contributed by atoms with Crippen LogP contribution in [-0.2, 0) is 11.3 Å². The summed E-state index contributed by atoms with van der Waals surface area (Å²) < 4.78 is 4.68. The van der Waals surface area contributed by atoms with E-state index in [-0.39, 0.29) is 18.9 Å². The number of benzene rings is 1. The van der Waals surface area contributed by atoms with Crippen LogP contribution in [0.2, 0.25) is 0 Å². The maximum atomic E-state index is 4.68. The van der Waals surface area contributed by atoms with Crippen molar-refractivity contribution in [2.24, 2.45) is 0 Å². The van der Waals surface area contributed by atoms with Crippen molar-refractivity contribution in [2.75, 3.05) is 0 Å². The fourth-order valence-electron chi connectivity index (χ4n) is 0.692. The maximum Gasteiger partial charge on any atom is 1.00 e. The predicted molar refractivity (Wildman–Crippen MR) is 36.6 cm³/mol. The summed E-state index contributed by atoms with van der Waals surface area (Å²) in [5.41, 5.74) is 1.16. The molecule has 1 nitrogen and oxygen atoms in total. The van der Waals surface area contributed by atoms with Crippen LogP contribution in [0.15, 0.2) is 30.3 Å². The molecule has 48 valence electrons. The van der Waals surface area contributed by atoms with Crippen molar-refractivity contribution < 1.29 is 23.6 Å². The summed E-state index contributed by atoms with van der Waals surface area (Å²) in [6.45, 7) is 0.598. The van der Waals surface area contributed by atoms with Crippen LogP contribution in [0.3, 0.4) is 0 Å². The van der Waals surface area contributed by atoms with E-state index in [0.29, 0.717) is 6.61 Å². The fraction of sp³-hybridized carbons (Fsp3) is 0.125. The first-order chi connectivity index (χ1) is 4.43. The largest absolute Gasteiger partial charge is 1.00 e. The van der Waals surface area contributed by atoms with Gasteiger partial charge >= 0.3 is 18.9 Å². The number of rotatable bonds is 2. The quantitative estimate of drug-likeness (QED) is 0.366. The van der Waals surface area contributed by atoms with Crippen molar-refractivity contribution in [2.45, 2.75) is 6.61 Å². The first-order valence-corrected chi connectivity index (χ1v) is 2.84. The van der Waals surface area contributed by atoms with Crippen molar-refractivity contribution in [1.29, 1.82) is 0 Å². The first kappa shape index (κ1) is 9.78. The average Bonchev–Trinajstić information content (AvgIpc) is 1.91. The second kappa shape index (κ2) is 5.55. The normalized spacial score (nSPS) is 8.50. The molecule has 0 heterocycles. The van der Waals surface area contributed by atoms with E-state index in [2.05, 4.69) is 11.8 Å². The van der Waals surface area contributed by atoms with E-state index in [9.17, 15) is 0 Å². The Balaban J connectivity index is 0.000000810. The minimum atomic E-state index is 0. The third kappa shape index (κ3) is 3.08. The van der Waals surface area contributed by atoms with Crippen LogP contribution in [0, 0.1) is 7.11 Å². The Morgan fingerprint density at radius 2 is 1.80 bits per heavy atom. The van der Waals surface area contributed by atoms with Crippen molar-refractivity contribution >= 4 is 0 Å². The van der Waals surface area contributed by atoms with Gasteiger partial charge in [-0.15, -0.1) is 0 Å². The Morgan fingerprint density at radius 1 is 1.20 bits per heavy atom. The van der Waals surface area contributed by atoms with Gasteiger partial charge in [0.15, 0.2) is 0 Å². The molecule has 0 aliphatic heterocycles. The van der Waals surface area contributed by atoms with Gasteiger partial charge in [-0.2, -0.15) is 0 Å². The maximum absolute atomic E-state index is 4.68. The molecule has 0 saturated heterocycles. The van der Waals surface area contributed by atoms with E-state index in [0.717, 1.165) is 5.56 Å². The summed E-state index contributed by atoms with van der Waals surface area (Å²) in [7, 11) is 3.28. The molecule has 0 radical (unpaired) electrons. The van der Waals surface area contributed by atoms with Crippen LogP contribution in [0.1, 0.15) is 5.56 Å². The molecule has 2 heteroatoms. The van der Waals surface area contributed by atoms with E-state index in [1.54, 1.807) is 0 Å². The molecule has 1 aromatic carbocycles. The zero-order valence-electron chi connectivity index (χ0n) is 6.21. The predicted octanol–water partition coefficient (Wildman–Crippen LogP) is -1.00. The van der Waals surface area contributed by atoms with Crippen molar-refractivity contribution in [3.8, 4) is 0 Å². The van der Waals surface area contributed by atoms with Gasteiger partial charge in [0.1, 0.15) is 0 Å². The molecular weight excluding hydrogens is 119 g/mol. The Hall–Kier alpha value is -0.223. The fourth-order valence-corrected chi connectivity index (χ4v) is 0.692. The van der Waals surface area contributed by atoms with Crippen LogP contribution in [0.5, 0.6) is 0 Å². The second-order valence-electron chi connectivity index (χ2n) is 1.83. The molecule has 0 unspecified atom stereocenters. The standard InChI is InChI=1S/C8H9O.Li/c1-9-7-8-5-3-2-4-6-8;/h2-6H,1,7H2;/q-1;+1. The average molecular weight is 128 g/mol. The molecule has 0 atom stereocenters. The molecule has 0 spiro atoms. The Labute approximate surface area is 73.6 Å². The topological polar surface area (TPSA) is 9.23 Å². The number of hydrogen-bond acceptors (Lipinski definition) is 1. The van der Waals surface area contributed by atoms with Gasteiger partial charge in [-0.25, -0.2) is 7.11 Å². The van der Waals surface area contributed by atoms with Crippen molar-refractivity contribution in [3.63, 3.8) is 0 Å². The summed E-state index contributed by atoms with van der Waals surface area (Å²) in [5, 5.41) is 0. The van der Waals surface area contributed by atoms with E-state index in [1.165, 1.54) is 0 Å². The van der Waals surface area contributed by atoms with Gasteiger partial charge in [0.05, 0.1) is 0 Å². The van der Waals surface area contributed by atoms with Gasteiger partial charge in [0.2, 0.25) is 0 Å². The van der Waals surface area contributed by atoms with Crippen LogP contribution < -0.4 is 18.9 Å². The first-order valence-electron chi connectivity index (χ1n) is 2.84. The van der Waals surface area contributed by atoms with Gasteiger partial charge in [0.25, 0.3) is 0 Å². The van der Waals surface area contributed by atoms with Crippen molar-refractivity contribution in [3.05, 3.63) is 43.0 Å². The van der Waals surface area contributed by atoms with Crippen LogP contribution >= 0.6 is 0 Å². The number of hydrogen-bond donors (Lipinski definition) is 0. The van der Waals surface area contributed by atoms with Crippen LogP contribution in [0.4, 0.5) is 0 Å². The monoisotopic (exact) mass is 128 g/mol. The molecule has 0 aromatic heterocycles. The van der Waals surface area contributed by atoms with E-state index in [4.69, 9.17) is 0 Å². The van der Waals surface area contributed by atoms with E-state index < -0.39 is 0 Å². The minimum Gasteiger partial charge on any atom is -0.552 e. The zero-order chi connectivity index (χ0) is 6.53. The molecule has 1 aromatic rings. The van der Waals surface area contributed by atoms with E-state index in [1.807, 2.05) is 30.3 Å². The van der Waals surface area contributed by atoms with Gasteiger partial charge in [-0.1, -0.05) is 30.3 Å². The third-order valence-electron chi connectivity index (χ3n) is 1.11. The molecule has 0 aliphatic carbocycles. The Bertz CT molecular complexity index is 162. The van der Waals surface area contributed by atoms with E-state index >= 15 is 0 Å². The van der Waals surface area contributed by atoms with Gasteiger partial charge in [-0.05, 0) is 5.56 Å². The van der Waals surface area contributed by atoms with Gasteiger partial charge < -0.3 is 4.74 Å². The minimum absolute atomic E-state index is 0. The molecule has 0 N–H and O–H groups in total. The van der Waals surface area contributed by atoms with Gasteiger partial charge in [-0.3, -0.25) is 0 Å². The molecule has 0 amide bonds. The molecule has 0 fully saturated rings. The summed E-state index contributed by atoms with van der Waals surface area (Å²) in [6, 6.07) is 9.95.